The molecule has 0 bridgehead atoms. The van der Waals surface area contributed by atoms with Crippen LogP contribution in [0.1, 0.15) is 40.8 Å². The molecule has 7 N–H and O–H groups in total. The molecule has 2 aromatic carbocycles. The highest BCUT2D eigenvalue weighted by atomic mass is 32.2. The lowest BCUT2D eigenvalue weighted by Crippen LogP contribution is -2.07. The summed E-state index contributed by atoms with van der Waals surface area (Å²) in [5, 5.41) is 9.24. The number of nitrogens with zero attached hydrogens (tertiary/aromatic N) is 10. The Morgan fingerprint density at radius 3 is 1.40 bits per heavy atom. The Balaban J connectivity index is 0.000000180. The molecular formula is C50H46N16O5S2. The highest BCUT2D eigenvalue weighted by molar-refractivity contribution is 7.91. The number of pyridine rings is 4. The molecule has 10 aromatic rings. The summed E-state index contributed by atoms with van der Waals surface area (Å²) in [4.78, 5) is 62.6. The molecule has 8 heterocycles. The van der Waals surface area contributed by atoms with Gasteiger partial charge in [-0.1, -0.05) is 24.3 Å². The average Bonchev–Trinajstić information content (AvgIpc) is 4.03. The molecule has 0 aliphatic carbocycles. The van der Waals surface area contributed by atoms with Gasteiger partial charge in [-0.15, -0.1) is 0 Å². The summed E-state index contributed by atoms with van der Waals surface area (Å²) in [6, 6.07) is 24.7. The summed E-state index contributed by atoms with van der Waals surface area (Å²) in [5.41, 5.74) is 16.1. The van der Waals surface area contributed by atoms with E-state index in [4.69, 9.17) is 10.7 Å². The van der Waals surface area contributed by atoms with Crippen LogP contribution >= 0.6 is 0 Å². The first-order valence-electron chi connectivity index (χ1n) is 22.3. The zero-order valence-corrected chi connectivity index (χ0v) is 41.5. The van der Waals surface area contributed by atoms with E-state index in [0.29, 0.717) is 87.2 Å². The SMILES string of the molecule is CC(=O)Nc1ccc(Nc2ncc(Cc3ccc(S(C)(=O)=O)cc3)cc2-c2nc(C)nc3nc[nH]c23)cn1.Cc1nc(-c2cc(Cc3ccc(S(C)(=O)=O)cc3)cnc2Nc2ccc(N)nc2)c2[nH]cnc2n1. The highest BCUT2D eigenvalue weighted by Crippen LogP contribution is 2.34. The number of rotatable bonds is 13. The first kappa shape index (κ1) is 48.9. The van der Waals surface area contributed by atoms with Crippen molar-refractivity contribution in [2.75, 3.05) is 34.2 Å². The lowest BCUT2D eigenvalue weighted by Gasteiger charge is -2.14. The van der Waals surface area contributed by atoms with Crippen molar-refractivity contribution in [1.82, 2.24) is 59.8 Å². The van der Waals surface area contributed by atoms with Crippen LogP contribution in [0.3, 0.4) is 0 Å². The number of fused-ring (bicyclic) bond motifs is 2. The highest BCUT2D eigenvalue weighted by Gasteiger charge is 2.19. The fourth-order valence-corrected chi connectivity index (χ4v) is 8.96. The maximum atomic E-state index is 11.8. The number of carbonyl (C=O) groups is 1. The number of nitrogen functional groups attached to an aromatic ring is 1. The number of aryl methyl sites for hydroxylation is 2. The Hall–Kier alpha value is -9.09. The number of amides is 1. The van der Waals surface area contributed by atoms with Gasteiger partial charge in [0.25, 0.3) is 0 Å². The Labute approximate surface area is 418 Å². The van der Waals surface area contributed by atoms with E-state index >= 15 is 0 Å². The van der Waals surface area contributed by atoms with E-state index in [1.165, 1.54) is 19.4 Å². The summed E-state index contributed by atoms with van der Waals surface area (Å²) in [6.45, 7) is 5.04. The zero-order chi connectivity index (χ0) is 51.4. The van der Waals surface area contributed by atoms with Crippen LogP contribution in [0.2, 0.25) is 0 Å². The van der Waals surface area contributed by atoms with Gasteiger partial charge in [-0.05, 0) is 110 Å². The van der Waals surface area contributed by atoms with Gasteiger partial charge in [-0.2, -0.15) is 0 Å². The van der Waals surface area contributed by atoms with Crippen molar-refractivity contribution in [1.29, 1.82) is 0 Å². The largest absolute Gasteiger partial charge is 0.384 e. The molecule has 21 nitrogen and oxygen atoms in total. The normalized spacial score (nSPS) is 11.5. The maximum absolute atomic E-state index is 11.8. The van der Waals surface area contributed by atoms with Crippen molar-refractivity contribution in [2.24, 2.45) is 0 Å². The molecule has 1 amide bonds. The summed E-state index contributed by atoms with van der Waals surface area (Å²) in [6.07, 6.45) is 13.4. The molecular weight excluding hydrogens is 969 g/mol. The third-order valence-electron chi connectivity index (χ3n) is 11.1. The van der Waals surface area contributed by atoms with Gasteiger partial charge in [-0.25, -0.2) is 66.7 Å². The number of nitrogens with one attached hydrogen (secondary N) is 5. The third kappa shape index (κ3) is 11.8. The third-order valence-corrected chi connectivity index (χ3v) is 13.3. The Bertz CT molecular complexity index is 3890. The average molecular weight is 1020 g/mol. The molecule has 23 heteroatoms. The Morgan fingerprint density at radius 1 is 0.548 bits per heavy atom. The van der Waals surface area contributed by atoms with Gasteiger partial charge >= 0.3 is 0 Å². The zero-order valence-electron chi connectivity index (χ0n) is 39.9. The van der Waals surface area contributed by atoms with Crippen molar-refractivity contribution in [2.45, 2.75) is 43.4 Å². The van der Waals surface area contributed by atoms with Gasteiger partial charge in [0.15, 0.2) is 31.0 Å². The summed E-state index contributed by atoms with van der Waals surface area (Å²) in [5.74, 6) is 2.94. The number of nitrogens with two attached hydrogens (primary N) is 1. The van der Waals surface area contributed by atoms with E-state index in [-0.39, 0.29) is 15.7 Å². The number of carbonyl (C=O) groups excluding carboxylic acids is 1. The van der Waals surface area contributed by atoms with Crippen LogP contribution in [-0.4, -0.2) is 95.1 Å². The van der Waals surface area contributed by atoms with E-state index in [0.717, 1.165) is 39.1 Å². The van der Waals surface area contributed by atoms with Gasteiger partial charge in [-0.3, -0.25) is 4.79 Å². The van der Waals surface area contributed by atoms with Gasteiger partial charge in [0.2, 0.25) is 5.91 Å². The molecule has 0 radical (unpaired) electrons. The van der Waals surface area contributed by atoms with Crippen LogP contribution < -0.4 is 21.7 Å². The van der Waals surface area contributed by atoms with Gasteiger partial charge < -0.3 is 31.7 Å². The standard InChI is InChI=1S/C26H24N8O3S.C24H22N8O2S/c1-15-31-23(24-26(32-15)30-14-29-24)21-11-18(10-17-4-7-20(8-5-17)38(3,36)37)12-28-25(21)34-19-6-9-22(27-13-19)33-16(2)35;1-14-30-21(22-24(31-14)29-13-28-22)19-10-16(9-15-3-6-18(7-4-15)35(2,33)34)11-27-23(19)32-17-5-8-20(25)26-12-17/h4-9,11-14H,10H2,1-3H3,(H,28,34)(H,27,33,35)(H,29,30,31,32);3-8,10-13H,9H2,1-2H3,(H2,25,26)(H,27,32)(H,28,29,30,31). The molecule has 0 saturated carbocycles. The number of benzene rings is 2. The van der Waals surface area contributed by atoms with Crippen LogP contribution in [0.25, 0.3) is 44.8 Å². The fourth-order valence-electron chi connectivity index (χ4n) is 7.70. The Kier molecular flexibility index (Phi) is 13.6. The second kappa shape index (κ2) is 20.3. The molecule has 8 aromatic heterocycles. The Morgan fingerprint density at radius 2 is 1.00 bits per heavy atom. The molecule has 0 unspecified atom stereocenters. The fraction of sp³-hybridized carbons (Fsp3) is 0.140. The minimum Gasteiger partial charge on any atom is -0.384 e. The van der Waals surface area contributed by atoms with E-state index in [1.807, 2.05) is 37.3 Å². The maximum Gasteiger partial charge on any atom is 0.222 e. The van der Waals surface area contributed by atoms with Crippen molar-refractivity contribution in [3.05, 3.63) is 156 Å². The number of aromatic nitrogens is 12. The second-order valence-electron chi connectivity index (χ2n) is 16.9. The van der Waals surface area contributed by atoms with Crippen molar-refractivity contribution < 1.29 is 21.6 Å². The molecule has 368 valence electrons. The number of hydrogen-bond acceptors (Lipinski definition) is 18. The lowest BCUT2D eigenvalue weighted by atomic mass is 10.0. The molecule has 73 heavy (non-hydrogen) atoms. The number of aromatic amines is 2. The molecule has 0 fully saturated rings. The van der Waals surface area contributed by atoms with Crippen molar-refractivity contribution in [3.63, 3.8) is 0 Å². The topological polar surface area (TPSA) is 308 Å². The predicted octanol–water partition coefficient (Wildman–Crippen LogP) is 7.25. The first-order valence-corrected chi connectivity index (χ1v) is 26.1. The summed E-state index contributed by atoms with van der Waals surface area (Å²) < 4.78 is 47.2. The van der Waals surface area contributed by atoms with Crippen LogP contribution in [0, 0.1) is 13.8 Å². The summed E-state index contributed by atoms with van der Waals surface area (Å²) >= 11 is 0. The number of imidazole rings is 2. The van der Waals surface area contributed by atoms with E-state index in [9.17, 15) is 21.6 Å². The smallest absolute Gasteiger partial charge is 0.222 e. The molecule has 0 aliphatic heterocycles. The van der Waals surface area contributed by atoms with Crippen LogP contribution in [-0.2, 0) is 37.3 Å². The van der Waals surface area contributed by atoms with Crippen LogP contribution in [0.4, 0.5) is 34.6 Å². The molecule has 0 atom stereocenters. The first-order chi connectivity index (χ1) is 34.9. The quantitative estimate of drug-likeness (QED) is 0.0662. The minimum absolute atomic E-state index is 0.202. The predicted molar refractivity (Wildman–Crippen MR) is 278 cm³/mol. The molecule has 10 rings (SSSR count). The van der Waals surface area contributed by atoms with Crippen LogP contribution in [0.5, 0.6) is 0 Å². The number of hydrogen-bond donors (Lipinski definition) is 6. The molecule has 0 aliphatic rings. The number of anilines is 6. The van der Waals surface area contributed by atoms with Gasteiger partial charge in [0.05, 0.1) is 46.2 Å². The van der Waals surface area contributed by atoms with E-state index in [1.54, 1.807) is 99.0 Å². The second-order valence-corrected chi connectivity index (χ2v) is 21.0. The van der Waals surface area contributed by atoms with Gasteiger partial charge in [0, 0.05) is 43.0 Å². The number of H-pyrrole nitrogens is 2. The lowest BCUT2D eigenvalue weighted by molar-refractivity contribution is -0.114. The van der Waals surface area contributed by atoms with E-state index in [2.05, 4.69) is 70.8 Å². The minimum atomic E-state index is -3.27. The summed E-state index contributed by atoms with van der Waals surface area (Å²) in [7, 11) is -6.52. The van der Waals surface area contributed by atoms with Gasteiger partial charge in [0.1, 0.15) is 57.3 Å². The molecule has 0 saturated heterocycles. The van der Waals surface area contributed by atoms with E-state index < -0.39 is 19.7 Å². The molecule has 0 spiro atoms. The monoisotopic (exact) mass is 1010 g/mol. The van der Waals surface area contributed by atoms with Crippen molar-refractivity contribution >= 4 is 82.6 Å². The van der Waals surface area contributed by atoms with Crippen LogP contribution in [0.15, 0.2) is 132 Å². The number of sulfone groups is 2. The van der Waals surface area contributed by atoms with Crippen molar-refractivity contribution in [3.8, 4) is 22.5 Å².